The van der Waals surface area contributed by atoms with Crippen LogP contribution in [-0.4, -0.2) is 9.67 Å². The molecule has 20 heavy (non-hydrogen) atoms. The van der Waals surface area contributed by atoms with Crippen LogP contribution in [-0.2, 0) is 13.2 Å². The normalized spacial score (nSPS) is 11.2. The van der Waals surface area contributed by atoms with Crippen molar-refractivity contribution in [3.05, 3.63) is 70.6 Å². The number of nitrogens with zero attached hydrogens (tertiary/aromatic N) is 1. The Balaban J connectivity index is 2.04. The Kier molecular flexibility index (Phi) is 3.47. The molecule has 0 aliphatic heterocycles. The van der Waals surface area contributed by atoms with Crippen LogP contribution in [0.1, 0.15) is 11.1 Å². The number of benzene rings is 2. The molecule has 102 valence electrons. The van der Waals surface area contributed by atoms with E-state index in [0.717, 1.165) is 22.0 Å². The van der Waals surface area contributed by atoms with E-state index in [4.69, 9.17) is 11.6 Å². The molecular formula is C16H13ClFNO. The van der Waals surface area contributed by atoms with Gasteiger partial charge in [0.15, 0.2) is 0 Å². The zero-order valence-corrected chi connectivity index (χ0v) is 11.4. The Labute approximate surface area is 121 Å². The fraction of sp³-hybridized carbons (Fsp3) is 0.125. The van der Waals surface area contributed by atoms with Crippen LogP contribution in [0.5, 0.6) is 0 Å². The number of aliphatic hydroxyl groups is 1. The molecule has 0 bridgehead atoms. The van der Waals surface area contributed by atoms with Crippen LogP contribution in [0.3, 0.4) is 0 Å². The van der Waals surface area contributed by atoms with E-state index >= 15 is 0 Å². The number of fused-ring (bicyclic) bond motifs is 1. The van der Waals surface area contributed by atoms with Crippen LogP contribution < -0.4 is 0 Å². The molecule has 1 aromatic heterocycles. The van der Waals surface area contributed by atoms with Crippen molar-refractivity contribution < 1.29 is 9.50 Å². The number of aliphatic hydroxyl groups excluding tert-OH is 1. The molecule has 0 radical (unpaired) electrons. The SMILES string of the molecule is OCc1cn(Cc2ccc(Cl)c(F)c2)c2ccccc12. The van der Waals surface area contributed by atoms with Crippen LogP contribution in [0.2, 0.25) is 5.02 Å². The molecule has 3 rings (SSSR count). The van der Waals surface area contributed by atoms with Crippen molar-refractivity contribution in [2.24, 2.45) is 0 Å². The first-order valence-electron chi connectivity index (χ1n) is 6.30. The van der Waals surface area contributed by atoms with Crippen molar-refractivity contribution in [2.75, 3.05) is 0 Å². The first kappa shape index (κ1) is 13.2. The summed E-state index contributed by atoms with van der Waals surface area (Å²) in [6.45, 7) is 0.525. The minimum absolute atomic E-state index is 0.0114. The minimum atomic E-state index is -0.414. The quantitative estimate of drug-likeness (QED) is 0.775. The van der Waals surface area contributed by atoms with E-state index < -0.39 is 5.82 Å². The van der Waals surface area contributed by atoms with Crippen LogP contribution in [0.4, 0.5) is 4.39 Å². The lowest BCUT2D eigenvalue weighted by Gasteiger charge is -2.06. The average Bonchev–Trinajstić information content (AvgIpc) is 2.81. The van der Waals surface area contributed by atoms with Crippen LogP contribution in [0.25, 0.3) is 10.9 Å². The second kappa shape index (κ2) is 5.27. The van der Waals surface area contributed by atoms with Gasteiger partial charge in [-0.3, -0.25) is 0 Å². The average molecular weight is 290 g/mol. The molecule has 0 fully saturated rings. The Morgan fingerprint density at radius 3 is 2.70 bits per heavy atom. The topological polar surface area (TPSA) is 25.2 Å². The van der Waals surface area contributed by atoms with E-state index in [1.807, 2.05) is 35.0 Å². The van der Waals surface area contributed by atoms with Gasteiger partial charge in [0.1, 0.15) is 5.82 Å². The Hall–Kier alpha value is -1.84. The Bertz CT molecular complexity index is 766. The van der Waals surface area contributed by atoms with E-state index in [1.54, 1.807) is 12.1 Å². The molecule has 2 aromatic carbocycles. The van der Waals surface area contributed by atoms with E-state index in [2.05, 4.69) is 0 Å². The summed E-state index contributed by atoms with van der Waals surface area (Å²) in [6.07, 6.45) is 1.90. The van der Waals surface area contributed by atoms with Crippen molar-refractivity contribution in [1.82, 2.24) is 4.57 Å². The summed E-state index contributed by atoms with van der Waals surface area (Å²) >= 11 is 5.69. The maximum atomic E-state index is 13.5. The van der Waals surface area contributed by atoms with Crippen molar-refractivity contribution in [2.45, 2.75) is 13.2 Å². The third-order valence-corrected chi connectivity index (χ3v) is 3.68. The lowest BCUT2D eigenvalue weighted by atomic mass is 10.2. The predicted octanol–water partition coefficient (Wildman–Crippen LogP) is 3.97. The summed E-state index contributed by atoms with van der Waals surface area (Å²) in [5.74, 6) is -0.414. The summed E-state index contributed by atoms with van der Waals surface area (Å²) < 4.78 is 15.5. The molecule has 0 unspecified atom stereocenters. The lowest BCUT2D eigenvalue weighted by molar-refractivity contribution is 0.283. The molecule has 0 saturated heterocycles. The molecule has 0 atom stereocenters. The van der Waals surface area contributed by atoms with Gasteiger partial charge in [0, 0.05) is 29.2 Å². The van der Waals surface area contributed by atoms with Gasteiger partial charge in [-0.25, -0.2) is 4.39 Å². The Morgan fingerprint density at radius 2 is 1.95 bits per heavy atom. The molecule has 0 spiro atoms. The summed E-state index contributed by atoms with van der Waals surface area (Å²) in [5.41, 5.74) is 2.72. The van der Waals surface area contributed by atoms with Crippen molar-refractivity contribution >= 4 is 22.5 Å². The fourth-order valence-electron chi connectivity index (χ4n) is 2.41. The monoisotopic (exact) mass is 289 g/mol. The number of rotatable bonds is 3. The summed E-state index contributed by atoms with van der Waals surface area (Å²) in [4.78, 5) is 0. The van der Waals surface area contributed by atoms with Gasteiger partial charge < -0.3 is 9.67 Å². The third kappa shape index (κ3) is 2.30. The smallest absolute Gasteiger partial charge is 0.142 e. The van der Waals surface area contributed by atoms with E-state index in [0.29, 0.717) is 6.54 Å². The predicted molar refractivity (Wildman–Crippen MR) is 78.4 cm³/mol. The molecule has 4 heteroatoms. The maximum Gasteiger partial charge on any atom is 0.142 e. The van der Waals surface area contributed by atoms with Crippen LogP contribution in [0, 0.1) is 5.82 Å². The van der Waals surface area contributed by atoms with Crippen LogP contribution >= 0.6 is 11.6 Å². The first-order valence-corrected chi connectivity index (χ1v) is 6.68. The zero-order valence-electron chi connectivity index (χ0n) is 10.7. The summed E-state index contributed by atoms with van der Waals surface area (Å²) in [5, 5.41) is 10.5. The molecule has 1 N–H and O–H groups in total. The molecule has 1 heterocycles. The van der Waals surface area contributed by atoms with Crippen molar-refractivity contribution in [1.29, 1.82) is 0 Å². The third-order valence-electron chi connectivity index (χ3n) is 3.38. The highest BCUT2D eigenvalue weighted by atomic mass is 35.5. The van der Waals surface area contributed by atoms with E-state index in [9.17, 15) is 9.50 Å². The molecule has 0 amide bonds. The van der Waals surface area contributed by atoms with Gasteiger partial charge in [0.05, 0.1) is 11.6 Å². The molecule has 0 aliphatic rings. The standard InChI is InChI=1S/C16H13ClFNO/c17-14-6-5-11(7-15(14)18)8-19-9-12(10-20)13-3-1-2-4-16(13)19/h1-7,9,20H,8,10H2. The number of para-hydroxylation sites is 1. The van der Waals surface area contributed by atoms with Gasteiger partial charge >= 0.3 is 0 Å². The van der Waals surface area contributed by atoms with Gasteiger partial charge in [-0.2, -0.15) is 0 Å². The van der Waals surface area contributed by atoms with Gasteiger partial charge in [0.25, 0.3) is 0 Å². The van der Waals surface area contributed by atoms with E-state index in [-0.39, 0.29) is 11.6 Å². The number of halogens is 2. The highest BCUT2D eigenvalue weighted by Crippen LogP contribution is 2.23. The number of aromatic nitrogens is 1. The second-order valence-electron chi connectivity index (χ2n) is 4.71. The molecular weight excluding hydrogens is 277 g/mol. The van der Waals surface area contributed by atoms with Gasteiger partial charge in [-0.15, -0.1) is 0 Å². The first-order chi connectivity index (χ1) is 9.69. The zero-order chi connectivity index (χ0) is 14.1. The van der Waals surface area contributed by atoms with Crippen molar-refractivity contribution in [3.8, 4) is 0 Å². The largest absolute Gasteiger partial charge is 0.392 e. The molecule has 0 saturated carbocycles. The van der Waals surface area contributed by atoms with Crippen molar-refractivity contribution in [3.63, 3.8) is 0 Å². The van der Waals surface area contributed by atoms with E-state index in [1.165, 1.54) is 6.07 Å². The van der Waals surface area contributed by atoms with Crippen LogP contribution in [0.15, 0.2) is 48.7 Å². The molecule has 0 aliphatic carbocycles. The minimum Gasteiger partial charge on any atom is -0.392 e. The van der Waals surface area contributed by atoms with Gasteiger partial charge in [0.2, 0.25) is 0 Å². The van der Waals surface area contributed by atoms with Gasteiger partial charge in [-0.05, 0) is 23.8 Å². The highest BCUT2D eigenvalue weighted by molar-refractivity contribution is 6.30. The number of hydrogen-bond donors (Lipinski definition) is 1. The van der Waals surface area contributed by atoms with Gasteiger partial charge in [-0.1, -0.05) is 35.9 Å². The Morgan fingerprint density at radius 1 is 1.15 bits per heavy atom. The molecule has 2 nitrogen and oxygen atoms in total. The summed E-state index contributed by atoms with van der Waals surface area (Å²) in [7, 11) is 0. The number of hydrogen-bond acceptors (Lipinski definition) is 1. The lowest BCUT2D eigenvalue weighted by Crippen LogP contribution is -1.98. The fourth-order valence-corrected chi connectivity index (χ4v) is 2.53. The molecule has 3 aromatic rings. The highest BCUT2D eigenvalue weighted by Gasteiger charge is 2.08. The second-order valence-corrected chi connectivity index (χ2v) is 5.11. The summed E-state index contributed by atoms with van der Waals surface area (Å²) in [6, 6.07) is 12.6. The maximum absolute atomic E-state index is 13.5.